The van der Waals surface area contributed by atoms with Gasteiger partial charge in [0.25, 0.3) is 5.56 Å². The highest BCUT2D eigenvalue weighted by Crippen LogP contribution is 2.33. The monoisotopic (exact) mass is 510 g/mol. The molecule has 0 unspecified atom stereocenters. The average Bonchev–Trinajstić information content (AvgIpc) is 3.55. The topological polar surface area (TPSA) is 73.8 Å². The molecular weight excluding hydrogens is 492 g/mol. The van der Waals surface area contributed by atoms with Crippen molar-refractivity contribution in [1.29, 1.82) is 0 Å². The summed E-state index contributed by atoms with van der Waals surface area (Å²) >= 11 is 8.84. The van der Waals surface area contributed by atoms with Gasteiger partial charge in [-0.05, 0) is 49.6 Å². The Kier molecular flexibility index (Phi) is 6.12. The first-order valence-corrected chi connectivity index (χ1v) is 12.6. The zero-order valence-corrected chi connectivity index (χ0v) is 20.7. The van der Waals surface area contributed by atoms with Crippen LogP contribution in [-0.4, -0.2) is 17.1 Å². The van der Waals surface area contributed by atoms with Crippen LogP contribution in [-0.2, 0) is 9.53 Å². The number of aromatic nitrogens is 1. The molecule has 1 aliphatic heterocycles. The number of carbonyl (C=O) groups is 1. The number of allylic oxidation sites excluding steroid dienone is 1. The summed E-state index contributed by atoms with van der Waals surface area (Å²) in [6.45, 7) is 3.77. The normalized spacial score (nSPS) is 15.9. The maximum Gasteiger partial charge on any atom is 0.338 e. The van der Waals surface area contributed by atoms with E-state index in [-0.39, 0.29) is 12.2 Å². The molecule has 4 heterocycles. The Morgan fingerprint density at radius 1 is 1.26 bits per heavy atom. The molecule has 9 heteroatoms. The molecule has 3 aromatic heterocycles. The Bertz CT molecular complexity index is 1590. The van der Waals surface area contributed by atoms with Gasteiger partial charge in [0.1, 0.15) is 17.6 Å². The van der Waals surface area contributed by atoms with Crippen LogP contribution in [0.3, 0.4) is 0 Å². The summed E-state index contributed by atoms with van der Waals surface area (Å²) in [5, 5.41) is 2.54. The lowest BCUT2D eigenvalue weighted by Gasteiger charge is -2.23. The molecular formula is C25H19ClN2O4S2. The second kappa shape index (κ2) is 9.21. The van der Waals surface area contributed by atoms with Crippen LogP contribution in [0.25, 0.3) is 17.4 Å². The first-order valence-electron chi connectivity index (χ1n) is 10.5. The number of furan rings is 1. The molecule has 6 nitrogen and oxygen atoms in total. The summed E-state index contributed by atoms with van der Waals surface area (Å²) in [5.74, 6) is 0.723. The molecule has 0 fully saturated rings. The summed E-state index contributed by atoms with van der Waals surface area (Å²) < 4.78 is 13.3. The van der Waals surface area contributed by atoms with Gasteiger partial charge in [-0.3, -0.25) is 9.36 Å². The van der Waals surface area contributed by atoms with Crippen molar-refractivity contribution < 1.29 is 13.9 Å². The van der Waals surface area contributed by atoms with E-state index in [0.717, 1.165) is 10.4 Å². The Morgan fingerprint density at radius 3 is 2.85 bits per heavy atom. The number of hydrogen-bond acceptors (Lipinski definition) is 7. The van der Waals surface area contributed by atoms with E-state index in [0.29, 0.717) is 37.1 Å². The van der Waals surface area contributed by atoms with Gasteiger partial charge in [0, 0.05) is 21.5 Å². The maximum absolute atomic E-state index is 13.5. The third kappa shape index (κ3) is 4.09. The van der Waals surface area contributed by atoms with E-state index in [1.54, 1.807) is 36.6 Å². The molecule has 1 aromatic carbocycles. The van der Waals surface area contributed by atoms with E-state index in [4.69, 9.17) is 20.8 Å². The lowest BCUT2D eigenvalue weighted by molar-refractivity contribution is -0.139. The molecule has 0 bridgehead atoms. The fourth-order valence-electron chi connectivity index (χ4n) is 3.86. The van der Waals surface area contributed by atoms with Crippen LogP contribution in [0.2, 0.25) is 5.02 Å². The number of hydrogen-bond donors (Lipinski definition) is 0. The second-order valence-corrected chi connectivity index (χ2v) is 9.95. The number of ether oxygens (including phenoxy) is 1. The van der Waals surface area contributed by atoms with E-state index >= 15 is 0 Å². The number of nitrogens with zero attached hydrogens (tertiary/aromatic N) is 2. The number of carbonyl (C=O) groups excluding carboxylic acids is 1. The Balaban J connectivity index is 1.62. The van der Waals surface area contributed by atoms with E-state index in [2.05, 4.69) is 4.99 Å². The van der Waals surface area contributed by atoms with Crippen LogP contribution in [0.15, 0.2) is 79.4 Å². The highest BCUT2D eigenvalue weighted by Gasteiger charge is 2.33. The van der Waals surface area contributed by atoms with Gasteiger partial charge in [-0.25, -0.2) is 9.79 Å². The van der Waals surface area contributed by atoms with E-state index in [1.165, 1.54) is 22.7 Å². The van der Waals surface area contributed by atoms with Crippen LogP contribution < -0.4 is 14.9 Å². The van der Waals surface area contributed by atoms with E-state index in [1.807, 2.05) is 41.8 Å². The summed E-state index contributed by atoms with van der Waals surface area (Å²) in [7, 11) is 0. The number of halogens is 1. The molecule has 0 amide bonds. The molecule has 1 aliphatic rings. The highest BCUT2D eigenvalue weighted by molar-refractivity contribution is 7.10. The summed E-state index contributed by atoms with van der Waals surface area (Å²) in [6.07, 6.45) is 1.70. The SMILES string of the molecule is CCOC(=O)C1=C(C)N=c2sc(=Cc3ccc(-c4cccc(Cl)c4)o3)c(=O)n2[C@H]1c1cccs1. The average molecular weight is 511 g/mol. The minimum Gasteiger partial charge on any atom is -0.463 e. The Morgan fingerprint density at radius 2 is 2.12 bits per heavy atom. The van der Waals surface area contributed by atoms with Crippen molar-refractivity contribution in [3.63, 3.8) is 0 Å². The number of thiazole rings is 1. The van der Waals surface area contributed by atoms with Crippen LogP contribution >= 0.6 is 34.3 Å². The first kappa shape index (κ1) is 22.6. The van der Waals surface area contributed by atoms with Crippen LogP contribution in [0.4, 0.5) is 0 Å². The molecule has 0 aliphatic carbocycles. The lowest BCUT2D eigenvalue weighted by Crippen LogP contribution is -2.39. The molecule has 172 valence electrons. The van der Waals surface area contributed by atoms with Gasteiger partial charge in [-0.1, -0.05) is 41.1 Å². The van der Waals surface area contributed by atoms with Crippen LogP contribution in [0, 0.1) is 0 Å². The van der Waals surface area contributed by atoms with Gasteiger partial charge in [0.15, 0.2) is 4.80 Å². The van der Waals surface area contributed by atoms with Gasteiger partial charge in [0.05, 0.1) is 22.4 Å². The number of rotatable bonds is 5. The molecule has 4 aromatic rings. The van der Waals surface area contributed by atoms with Gasteiger partial charge < -0.3 is 9.15 Å². The number of thiophene rings is 1. The summed E-state index contributed by atoms with van der Waals surface area (Å²) in [4.78, 5) is 32.3. The van der Waals surface area contributed by atoms with Crippen molar-refractivity contribution in [3.05, 3.63) is 101 Å². The van der Waals surface area contributed by atoms with E-state index < -0.39 is 12.0 Å². The zero-order chi connectivity index (χ0) is 23.8. The van der Waals surface area contributed by atoms with Crippen molar-refractivity contribution in [1.82, 2.24) is 4.57 Å². The largest absolute Gasteiger partial charge is 0.463 e. The predicted molar refractivity (Wildman–Crippen MR) is 134 cm³/mol. The molecule has 1 atom stereocenters. The summed E-state index contributed by atoms with van der Waals surface area (Å²) in [5.41, 5.74) is 1.54. The van der Waals surface area contributed by atoms with Gasteiger partial charge >= 0.3 is 5.97 Å². The minimum absolute atomic E-state index is 0.239. The maximum atomic E-state index is 13.5. The quantitative estimate of drug-likeness (QED) is 0.362. The Hall–Kier alpha value is -3.20. The predicted octanol–water partition coefficient (Wildman–Crippen LogP) is 4.77. The third-order valence-electron chi connectivity index (χ3n) is 5.34. The molecule has 0 N–H and O–H groups in total. The zero-order valence-electron chi connectivity index (χ0n) is 18.3. The van der Waals surface area contributed by atoms with Gasteiger partial charge in [0.2, 0.25) is 0 Å². The number of benzene rings is 1. The first-order chi connectivity index (χ1) is 16.5. The van der Waals surface area contributed by atoms with Crippen LogP contribution in [0.5, 0.6) is 0 Å². The van der Waals surface area contributed by atoms with Crippen molar-refractivity contribution in [2.75, 3.05) is 6.61 Å². The van der Waals surface area contributed by atoms with Crippen molar-refractivity contribution in [3.8, 4) is 11.3 Å². The van der Waals surface area contributed by atoms with Crippen LogP contribution in [0.1, 0.15) is 30.5 Å². The standard InChI is InChI=1S/C25H19ClN2O4S2/c1-3-31-24(30)21-14(2)27-25-28(22(21)19-8-5-11-33-19)23(29)20(34-25)13-17-9-10-18(32-17)15-6-4-7-16(26)12-15/h4-13,22H,3H2,1-2H3/t22-/m0/s1. The van der Waals surface area contributed by atoms with Gasteiger partial charge in [-0.15, -0.1) is 11.3 Å². The fourth-order valence-corrected chi connectivity index (χ4v) is 5.90. The molecule has 0 radical (unpaired) electrons. The van der Waals surface area contributed by atoms with Crippen molar-refractivity contribution >= 4 is 46.3 Å². The lowest BCUT2D eigenvalue weighted by atomic mass is 10.0. The molecule has 0 saturated carbocycles. The molecule has 0 spiro atoms. The third-order valence-corrected chi connectivity index (χ3v) is 7.48. The Labute approximate surface area is 207 Å². The van der Waals surface area contributed by atoms with Crippen molar-refractivity contribution in [2.24, 2.45) is 4.99 Å². The molecule has 34 heavy (non-hydrogen) atoms. The highest BCUT2D eigenvalue weighted by atomic mass is 35.5. The van der Waals surface area contributed by atoms with E-state index in [9.17, 15) is 9.59 Å². The second-order valence-electron chi connectivity index (χ2n) is 7.53. The van der Waals surface area contributed by atoms with Crippen molar-refractivity contribution in [2.45, 2.75) is 19.9 Å². The molecule has 0 saturated heterocycles. The summed E-state index contributed by atoms with van der Waals surface area (Å²) in [6, 6.07) is 14.2. The minimum atomic E-state index is -0.587. The van der Waals surface area contributed by atoms with Gasteiger partial charge in [-0.2, -0.15) is 0 Å². The fraction of sp³-hybridized carbons (Fsp3) is 0.160. The number of esters is 1. The smallest absolute Gasteiger partial charge is 0.338 e. The molecule has 5 rings (SSSR count). The number of fused-ring (bicyclic) bond motifs is 1.